The molecular weight excluding hydrogens is 364 g/mol. The minimum Gasteiger partial charge on any atom is -0.383 e. The SMILES string of the molecule is COCCn1c(SCC(=O)Nc2cc(C)no2)nc2cc(Cl)ccc21. The van der Waals surface area contributed by atoms with Gasteiger partial charge in [-0.15, -0.1) is 0 Å². The van der Waals surface area contributed by atoms with E-state index in [4.69, 9.17) is 20.9 Å². The first-order valence-corrected chi connectivity index (χ1v) is 8.94. The number of thioether (sulfide) groups is 1. The average molecular weight is 381 g/mol. The van der Waals surface area contributed by atoms with Crippen LogP contribution in [-0.4, -0.2) is 40.1 Å². The first-order chi connectivity index (χ1) is 12.1. The molecule has 3 rings (SSSR count). The molecule has 0 saturated carbocycles. The number of ether oxygens (including phenoxy) is 1. The van der Waals surface area contributed by atoms with Gasteiger partial charge in [0.2, 0.25) is 11.8 Å². The maximum atomic E-state index is 12.1. The fraction of sp³-hybridized carbons (Fsp3) is 0.312. The Morgan fingerprint density at radius 2 is 2.28 bits per heavy atom. The Hall–Kier alpha value is -2.03. The van der Waals surface area contributed by atoms with Crippen LogP contribution in [0.2, 0.25) is 5.02 Å². The number of fused-ring (bicyclic) bond motifs is 1. The van der Waals surface area contributed by atoms with E-state index >= 15 is 0 Å². The molecule has 7 nitrogen and oxygen atoms in total. The zero-order chi connectivity index (χ0) is 17.8. The topological polar surface area (TPSA) is 82.2 Å². The Morgan fingerprint density at radius 1 is 1.44 bits per heavy atom. The molecule has 0 atom stereocenters. The average Bonchev–Trinajstić information content (AvgIpc) is 3.13. The summed E-state index contributed by atoms with van der Waals surface area (Å²) >= 11 is 7.39. The number of amides is 1. The van der Waals surface area contributed by atoms with Gasteiger partial charge < -0.3 is 13.8 Å². The summed E-state index contributed by atoms with van der Waals surface area (Å²) < 4.78 is 12.2. The largest absolute Gasteiger partial charge is 0.383 e. The molecule has 0 spiro atoms. The van der Waals surface area contributed by atoms with E-state index in [1.807, 2.05) is 22.8 Å². The summed E-state index contributed by atoms with van der Waals surface area (Å²) in [6, 6.07) is 7.21. The summed E-state index contributed by atoms with van der Waals surface area (Å²) in [5.41, 5.74) is 2.45. The van der Waals surface area contributed by atoms with Gasteiger partial charge in [0.15, 0.2) is 5.16 Å². The van der Waals surface area contributed by atoms with E-state index in [9.17, 15) is 4.79 Å². The van der Waals surface area contributed by atoms with Crippen LogP contribution in [-0.2, 0) is 16.1 Å². The number of anilines is 1. The van der Waals surface area contributed by atoms with Crippen molar-refractivity contribution in [2.24, 2.45) is 0 Å². The molecule has 0 bridgehead atoms. The summed E-state index contributed by atoms with van der Waals surface area (Å²) in [5.74, 6) is 0.344. The molecule has 2 heterocycles. The molecule has 0 unspecified atom stereocenters. The predicted molar refractivity (Wildman–Crippen MR) is 97.2 cm³/mol. The van der Waals surface area contributed by atoms with Gasteiger partial charge in [-0.1, -0.05) is 28.5 Å². The molecule has 0 aliphatic heterocycles. The van der Waals surface area contributed by atoms with E-state index in [1.165, 1.54) is 11.8 Å². The van der Waals surface area contributed by atoms with Gasteiger partial charge in [-0.2, -0.15) is 0 Å². The number of carbonyl (C=O) groups is 1. The monoisotopic (exact) mass is 380 g/mol. The van der Waals surface area contributed by atoms with E-state index in [-0.39, 0.29) is 11.7 Å². The number of halogens is 1. The molecule has 132 valence electrons. The maximum absolute atomic E-state index is 12.1. The maximum Gasteiger partial charge on any atom is 0.237 e. The Labute approximate surface area is 153 Å². The second-order valence-corrected chi connectivity index (χ2v) is 6.72. The molecule has 3 aromatic rings. The van der Waals surface area contributed by atoms with Crippen molar-refractivity contribution in [3.05, 3.63) is 35.0 Å². The Kier molecular flexibility index (Phi) is 5.62. The lowest BCUT2D eigenvalue weighted by Crippen LogP contribution is -2.14. The highest BCUT2D eigenvalue weighted by Crippen LogP contribution is 2.26. The fourth-order valence-electron chi connectivity index (χ4n) is 2.32. The number of nitrogens with zero attached hydrogens (tertiary/aromatic N) is 3. The number of nitrogens with one attached hydrogen (secondary N) is 1. The number of imidazole rings is 1. The van der Waals surface area contributed by atoms with Crippen molar-refractivity contribution in [2.75, 3.05) is 24.8 Å². The predicted octanol–water partition coefficient (Wildman–Crippen LogP) is 3.36. The number of carbonyl (C=O) groups excluding carboxylic acids is 1. The standard InChI is InChI=1S/C16H17ClN4O3S/c1-10-7-15(24-20-10)19-14(22)9-25-16-18-12-8-11(17)3-4-13(12)21(16)5-6-23-2/h3-4,7-8H,5-6,9H2,1-2H3,(H,19,22). The lowest BCUT2D eigenvalue weighted by Gasteiger charge is -2.08. The van der Waals surface area contributed by atoms with E-state index in [1.54, 1.807) is 20.1 Å². The smallest absolute Gasteiger partial charge is 0.237 e. The zero-order valence-electron chi connectivity index (χ0n) is 13.8. The molecule has 1 amide bonds. The van der Waals surface area contributed by atoms with Gasteiger partial charge in [0.05, 0.1) is 29.1 Å². The van der Waals surface area contributed by atoms with Crippen LogP contribution in [0.4, 0.5) is 5.88 Å². The molecule has 2 aromatic heterocycles. The van der Waals surface area contributed by atoms with Gasteiger partial charge in [-0.25, -0.2) is 4.98 Å². The fourth-order valence-corrected chi connectivity index (χ4v) is 3.32. The van der Waals surface area contributed by atoms with Crippen molar-refractivity contribution in [3.8, 4) is 0 Å². The van der Waals surface area contributed by atoms with Crippen molar-refractivity contribution in [1.82, 2.24) is 14.7 Å². The normalized spacial score (nSPS) is 11.2. The number of hydrogen-bond donors (Lipinski definition) is 1. The molecular formula is C16H17ClN4O3S. The van der Waals surface area contributed by atoms with Gasteiger partial charge in [0, 0.05) is 24.7 Å². The Morgan fingerprint density at radius 3 is 3.00 bits per heavy atom. The first-order valence-electron chi connectivity index (χ1n) is 7.57. The van der Waals surface area contributed by atoms with Crippen LogP contribution in [0.3, 0.4) is 0 Å². The number of aromatic nitrogens is 3. The number of rotatable bonds is 7. The van der Waals surface area contributed by atoms with Crippen LogP contribution in [0, 0.1) is 6.92 Å². The highest BCUT2D eigenvalue weighted by Gasteiger charge is 2.14. The highest BCUT2D eigenvalue weighted by molar-refractivity contribution is 7.99. The van der Waals surface area contributed by atoms with E-state index < -0.39 is 0 Å². The van der Waals surface area contributed by atoms with Crippen LogP contribution in [0.1, 0.15) is 5.69 Å². The van der Waals surface area contributed by atoms with Crippen LogP contribution in [0.25, 0.3) is 11.0 Å². The minimum atomic E-state index is -0.190. The number of hydrogen-bond acceptors (Lipinski definition) is 6. The minimum absolute atomic E-state index is 0.190. The van der Waals surface area contributed by atoms with Gasteiger partial charge in [0.1, 0.15) is 0 Å². The van der Waals surface area contributed by atoms with Gasteiger partial charge in [-0.05, 0) is 25.1 Å². The second kappa shape index (κ2) is 7.90. The van der Waals surface area contributed by atoms with Crippen LogP contribution < -0.4 is 5.32 Å². The third-order valence-corrected chi connectivity index (χ3v) is 4.63. The Balaban J connectivity index is 1.74. The van der Waals surface area contributed by atoms with Crippen molar-refractivity contribution < 1.29 is 14.1 Å². The zero-order valence-corrected chi connectivity index (χ0v) is 15.4. The summed E-state index contributed by atoms with van der Waals surface area (Å²) in [7, 11) is 1.65. The molecule has 9 heteroatoms. The van der Waals surface area contributed by atoms with Crippen molar-refractivity contribution in [1.29, 1.82) is 0 Å². The molecule has 0 saturated heterocycles. The van der Waals surface area contributed by atoms with Crippen molar-refractivity contribution >= 4 is 46.2 Å². The quantitative estimate of drug-likeness (QED) is 0.633. The van der Waals surface area contributed by atoms with Crippen molar-refractivity contribution in [3.63, 3.8) is 0 Å². The summed E-state index contributed by atoms with van der Waals surface area (Å²) in [4.78, 5) is 16.7. The van der Waals surface area contributed by atoms with E-state index in [2.05, 4.69) is 15.5 Å². The van der Waals surface area contributed by atoms with E-state index in [0.29, 0.717) is 29.8 Å². The third kappa shape index (κ3) is 4.33. The number of methoxy groups -OCH3 is 1. The lowest BCUT2D eigenvalue weighted by molar-refractivity contribution is -0.113. The van der Waals surface area contributed by atoms with Crippen LogP contribution in [0.15, 0.2) is 33.9 Å². The molecule has 0 radical (unpaired) electrons. The third-order valence-electron chi connectivity index (χ3n) is 3.42. The van der Waals surface area contributed by atoms with Gasteiger partial charge in [-0.3, -0.25) is 10.1 Å². The molecule has 0 aliphatic rings. The molecule has 1 aromatic carbocycles. The molecule has 25 heavy (non-hydrogen) atoms. The lowest BCUT2D eigenvalue weighted by atomic mass is 10.3. The molecule has 1 N–H and O–H groups in total. The summed E-state index contributed by atoms with van der Waals surface area (Å²) in [6.45, 7) is 2.97. The van der Waals surface area contributed by atoms with Gasteiger partial charge >= 0.3 is 0 Å². The van der Waals surface area contributed by atoms with Crippen molar-refractivity contribution in [2.45, 2.75) is 18.6 Å². The second-order valence-electron chi connectivity index (χ2n) is 5.34. The summed E-state index contributed by atoms with van der Waals surface area (Å²) in [6.07, 6.45) is 0. The number of aryl methyl sites for hydroxylation is 1. The molecule has 0 fully saturated rings. The number of benzene rings is 1. The molecule has 0 aliphatic carbocycles. The Bertz CT molecular complexity index is 893. The van der Waals surface area contributed by atoms with Crippen LogP contribution >= 0.6 is 23.4 Å². The highest BCUT2D eigenvalue weighted by atomic mass is 35.5. The summed E-state index contributed by atoms with van der Waals surface area (Å²) in [5, 5.41) is 7.76. The van der Waals surface area contributed by atoms with Crippen LogP contribution in [0.5, 0.6) is 0 Å². The first kappa shape index (κ1) is 17.8. The van der Waals surface area contributed by atoms with E-state index in [0.717, 1.165) is 16.2 Å². The van der Waals surface area contributed by atoms with Gasteiger partial charge in [0.25, 0.3) is 0 Å².